The molecule has 3 heteroatoms. The largest absolute Gasteiger partial charge is 0.395 e. The Balaban J connectivity index is 2.44. The van der Waals surface area contributed by atoms with Crippen LogP contribution in [-0.4, -0.2) is 16.7 Å². The van der Waals surface area contributed by atoms with Crippen LogP contribution in [0.1, 0.15) is 30.0 Å². The number of aliphatic hydroxyl groups excluding tert-OH is 1. The van der Waals surface area contributed by atoms with E-state index in [0.717, 1.165) is 10.7 Å². The maximum Gasteiger partial charge on any atom is 0.101 e. The average Bonchev–Trinajstić information content (AvgIpc) is 2.82. The molecule has 96 valence electrons. The predicted molar refractivity (Wildman–Crippen MR) is 77.1 cm³/mol. The van der Waals surface area contributed by atoms with Crippen molar-refractivity contribution in [1.82, 2.24) is 4.98 Å². The maximum absolute atomic E-state index is 9.39. The highest BCUT2D eigenvalue weighted by molar-refractivity contribution is 7.10. The predicted octanol–water partition coefficient (Wildman–Crippen LogP) is 3.70. The van der Waals surface area contributed by atoms with Gasteiger partial charge in [0.15, 0.2) is 0 Å². The van der Waals surface area contributed by atoms with E-state index in [1.807, 2.05) is 13.8 Å². The van der Waals surface area contributed by atoms with Crippen molar-refractivity contribution in [2.24, 2.45) is 0 Å². The molecule has 1 N–H and O–H groups in total. The molecule has 0 saturated carbocycles. The first kappa shape index (κ1) is 13.2. The first-order valence-electron chi connectivity index (χ1n) is 6.08. The molecule has 1 aromatic heterocycles. The standard InChI is InChI=1S/C15H19NOS/c1-10-5-6-11(2)12(7-10)13-8-18-14(16-13)15(3,4)9-17/h5-8,17H,9H2,1-4H3. The van der Waals surface area contributed by atoms with Crippen molar-refractivity contribution in [3.8, 4) is 11.3 Å². The van der Waals surface area contributed by atoms with Gasteiger partial charge in [0.25, 0.3) is 0 Å². The number of aliphatic hydroxyl groups is 1. The van der Waals surface area contributed by atoms with Crippen molar-refractivity contribution < 1.29 is 5.11 Å². The summed E-state index contributed by atoms with van der Waals surface area (Å²) >= 11 is 1.62. The first-order valence-corrected chi connectivity index (χ1v) is 6.96. The molecule has 0 bridgehead atoms. The summed E-state index contributed by atoms with van der Waals surface area (Å²) in [5.74, 6) is 0. The molecule has 0 aliphatic heterocycles. The van der Waals surface area contributed by atoms with Crippen molar-refractivity contribution in [2.75, 3.05) is 6.61 Å². The molecule has 2 nitrogen and oxygen atoms in total. The highest BCUT2D eigenvalue weighted by Crippen LogP contribution is 2.31. The van der Waals surface area contributed by atoms with E-state index in [1.165, 1.54) is 16.7 Å². The Morgan fingerprint density at radius 3 is 2.67 bits per heavy atom. The Morgan fingerprint density at radius 1 is 1.28 bits per heavy atom. The fraction of sp³-hybridized carbons (Fsp3) is 0.400. The van der Waals surface area contributed by atoms with E-state index in [9.17, 15) is 5.11 Å². The van der Waals surface area contributed by atoms with Gasteiger partial charge in [0.05, 0.1) is 12.3 Å². The van der Waals surface area contributed by atoms with Gasteiger partial charge in [-0.3, -0.25) is 0 Å². The fourth-order valence-electron chi connectivity index (χ4n) is 1.79. The van der Waals surface area contributed by atoms with Crippen LogP contribution in [0.2, 0.25) is 0 Å². The maximum atomic E-state index is 9.39. The third kappa shape index (κ3) is 2.47. The number of aryl methyl sites for hydroxylation is 2. The number of hydrogen-bond acceptors (Lipinski definition) is 3. The number of rotatable bonds is 3. The highest BCUT2D eigenvalue weighted by Gasteiger charge is 2.23. The first-order chi connectivity index (χ1) is 8.44. The smallest absolute Gasteiger partial charge is 0.101 e. The van der Waals surface area contributed by atoms with Crippen LogP contribution in [0.5, 0.6) is 0 Å². The molecule has 2 rings (SSSR count). The molecule has 0 saturated heterocycles. The van der Waals surface area contributed by atoms with Crippen molar-refractivity contribution in [2.45, 2.75) is 33.1 Å². The Kier molecular flexibility index (Phi) is 3.55. The van der Waals surface area contributed by atoms with Gasteiger partial charge in [-0.15, -0.1) is 11.3 Å². The van der Waals surface area contributed by atoms with Gasteiger partial charge >= 0.3 is 0 Å². The quantitative estimate of drug-likeness (QED) is 0.914. The van der Waals surface area contributed by atoms with Gasteiger partial charge in [-0.05, 0) is 25.5 Å². The third-order valence-electron chi connectivity index (χ3n) is 3.15. The van der Waals surface area contributed by atoms with Gasteiger partial charge < -0.3 is 5.11 Å². The number of aromatic nitrogens is 1. The van der Waals surface area contributed by atoms with E-state index >= 15 is 0 Å². The lowest BCUT2D eigenvalue weighted by molar-refractivity contribution is 0.218. The lowest BCUT2D eigenvalue weighted by atomic mass is 9.96. The lowest BCUT2D eigenvalue weighted by Gasteiger charge is -2.17. The van der Waals surface area contributed by atoms with E-state index in [2.05, 4.69) is 42.4 Å². The van der Waals surface area contributed by atoms with Crippen LogP contribution in [0.15, 0.2) is 23.6 Å². The normalized spacial score (nSPS) is 11.8. The van der Waals surface area contributed by atoms with Gasteiger partial charge in [-0.2, -0.15) is 0 Å². The second kappa shape index (κ2) is 4.82. The van der Waals surface area contributed by atoms with Crippen molar-refractivity contribution in [3.63, 3.8) is 0 Å². The van der Waals surface area contributed by atoms with E-state index in [1.54, 1.807) is 11.3 Å². The summed E-state index contributed by atoms with van der Waals surface area (Å²) in [6.07, 6.45) is 0. The van der Waals surface area contributed by atoms with Crippen LogP contribution in [-0.2, 0) is 5.41 Å². The third-order valence-corrected chi connectivity index (χ3v) is 4.36. The lowest BCUT2D eigenvalue weighted by Crippen LogP contribution is -2.21. The van der Waals surface area contributed by atoms with Crippen molar-refractivity contribution in [3.05, 3.63) is 39.7 Å². The van der Waals surface area contributed by atoms with Crippen molar-refractivity contribution >= 4 is 11.3 Å². The fourth-order valence-corrected chi connectivity index (χ4v) is 2.73. The molecule has 2 aromatic rings. The minimum atomic E-state index is -0.263. The van der Waals surface area contributed by atoms with E-state index in [0.29, 0.717) is 0 Å². The zero-order valence-electron chi connectivity index (χ0n) is 11.3. The zero-order valence-corrected chi connectivity index (χ0v) is 12.1. The molecule has 0 aliphatic rings. The van der Waals surface area contributed by atoms with Crippen LogP contribution in [0.25, 0.3) is 11.3 Å². The summed E-state index contributed by atoms with van der Waals surface area (Å²) in [7, 11) is 0. The van der Waals surface area contributed by atoms with Crippen LogP contribution in [0.4, 0.5) is 0 Å². The molecular formula is C15H19NOS. The molecule has 1 heterocycles. The van der Waals surface area contributed by atoms with Gasteiger partial charge in [-0.25, -0.2) is 4.98 Å². The average molecular weight is 261 g/mol. The number of nitrogens with zero attached hydrogens (tertiary/aromatic N) is 1. The van der Waals surface area contributed by atoms with Gasteiger partial charge in [-0.1, -0.05) is 31.5 Å². The SMILES string of the molecule is Cc1ccc(C)c(-c2csc(C(C)(C)CO)n2)c1. The molecule has 1 aromatic carbocycles. The van der Waals surface area contributed by atoms with Crippen LogP contribution < -0.4 is 0 Å². The molecule has 0 radical (unpaired) electrons. The molecular weight excluding hydrogens is 242 g/mol. The summed E-state index contributed by atoms with van der Waals surface area (Å²) in [6.45, 7) is 8.34. The Morgan fingerprint density at radius 2 is 2.00 bits per heavy atom. The second-order valence-electron chi connectivity index (χ2n) is 5.40. The molecule has 0 unspecified atom stereocenters. The van der Waals surface area contributed by atoms with Crippen LogP contribution in [0.3, 0.4) is 0 Å². The Bertz CT molecular complexity index is 557. The summed E-state index contributed by atoms with van der Waals surface area (Å²) in [4.78, 5) is 4.68. The summed E-state index contributed by atoms with van der Waals surface area (Å²) in [5, 5.41) is 12.5. The monoisotopic (exact) mass is 261 g/mol. The number of benzene rings is 1. The Labute approximate surface area is 112 Å². The van der Waals surface area contributed by atoms with Gasteiger partial charge in [0.1, 0.15) is 5.01 Å². The number of thiazole rings is 1. The van der Waals surface area contributed by atoms with E-state index in [-0.39, 0.29) is 12.0 Å². The minimum Gasteiger partial charge on any atom is -0.395 e. The van der Waals surface area contributed by atoms with Crippen LogP contribution >= 0.6 is 11.3 Å². The molecule has 0 fully saturated rings. The van der Waals surface area contributed by atoms with Crippen molar-refractivity contribution in [1.29, 1.82) is 0 Å². The topological polar surface area (TPSA) is 33.1 Å². The summed E-state index contributed by atoms with van der Waals surface area (Å²) in [6, 6.07) is 6.41. The van der Waals surface area contributed by atoms with Gasteiger partial charge in [0.2, 0.25) is 0 Å². The summed E-state index contributed by atoms with van der Waals surface area (Å²) in [5.41, 5.74) is 4.41. The molecule has 0 spiro atoms. The molecule has 0 atom stereocenters. The highest BCUT2D eigenvalue weighted by atomic mass is 32.1. The molecule has 18 heavy (non-hydrogen) atoms. The van der Waals surface area contributed by atoms with Crippen LogP contribution in [0, 0.1) is 13.8 Å². The second-order valence-corrected chi connectivity index (χ2v) is 6.26. The van der Waals surface area contributed by atoms with Gasteiger partial charge in [0, 0.05) is 16.4 Å². The summed E-state index contributed by atoms with van der Waals surface area (Å²) < 4.78 is 0. The van der Waals surface area contributed by atoms with E-state index < -0.39 is 0 Å². The number of hydrogen-bond donors (Lipinski definition) is 1. The Hall–Kier alpha value is -1.19. The molecule has 0 amide bonds. The molecule has 0 aliphatic carbocycles. The zero-order chi connectivity index (χ0) is 13.3. The minimum absolute atomic E-state index is 0.118. The van der Waals surface area contributed by atoms with E-state index in [4.69, 9.17) is 0 Å².